The van der Waals surface area contributed by atoms with E-state index < -0.39 is 0 Å². The van der Waals surface area contributed by atoms with Gasteiger partial charge in [0.1, 0.15) is 11.6 Å². The minimum atomic E-state index is 0.196. The van der Waals surface area contributed by atoms with Crippen molar-refractivity contribution in [1.29, 1.82) is 0 Å². The highest BCUT2D eigenvalue weighted by atomic mass is 16.5. The van der Waals surface area contributed by atoms with Crippen LogP contribution in [0.2, 0.25) is 0 Å². The molecule has 5 nitrogen and oxygen atoms in total. The molecule has 0 bridgehead atoms. The fourth-order valence-electron chi connectivity index (χ4n) is 3.34. The van der Waals surface area contributed by atoms with E-state index in [0.29, 0.717) is 11.8 Å². The van der Waals surface area contributed by atoms with Crippen molar-refractivity contribution >= 4 is 5.91 Å². The third-order valence-electron chi connectivity index (χ3n) is 4.95. The fourth-order valence-corrected chi connectivity index (χ4v) is 3.34. The Hall–Kier alpha value is -2.43. The van der Waals surface area contributed by atoms with Crippen LogP contribution in [0.4, 0.5) is 0 Å². The SMILES string of the molecule is Cc1cc(Oc2ccccc2C)nc([C@H]2CCN(C(=O)C3CC3)C2)n1. The minimum absolute atomic E-state index is 0.196. The summed E-state index contributed by atoms with van der Waals surface area (Å²) < 4.78 is 5.98. The third-order valence-corrected chi connectivity index (χ3v) is 4.95. The van der Waals surface area contributed by atoms with Crippen LogP contribution in [0.1, 0.15) is 42.3 Å². The van der Waals surface area contributed by atoms with Gasteiger partial charge < -0.3 is 9.64 Å². The smallest absolute Gasteiger partial charge is 0.225 e. The molecule has 1 atom stereocenters. The number of likely N-dealkylation sites (tertiary alicyclic amines) is 1. The molecule has 0 unspecified atom stereocenters. The quantitative estimate of drug-likeness (QED) is 0.855. The molecule has 1 amide bonds. The lowest BCUT2D eigenvalue weighted by molar-refractivity contribution is -0.131. The molecule has 0 radical (unpaired) electrons. The lowest BCUT2D eigenvalue weighted by Crippen LogP contribution is -2.29. The average molecular weight is 337 g/mol. The standard InChI is InChI=1S/C20H23N3O2/c1-13-5-3-4-6-17(13)25-18-11-14(2)21-19(22-18)16-9-10-23(12-16)20(24)15-7-8-15/h3-6,11,15-16H,7-10,12H2,1-2H3/t16-/m0/s1. The number of rotatable bonds is 4. The second-order valence-corrected chi connectivity index (χ2v) is 7.12. The monoisotopic (exact) mass is 337 g/mol. The molecule has 25 heavy (non-hydrogen) atoms. The summed E-state index contributed by atoms with van der Waals surface area (Å²) in [6.07, 6.45) is 3.02. The number of hydrogen-bond acceptors (Lipinski definition) is 4. The molecular weight excluding hydrogens is 314 g/mol. The first kappa shape index (κ1) is 16.1. The molecule has 5 heteroatoms. The molecule has 2 heterocycles. The molecule has 4 rings (SSSR count). The van der Waals surface area contributed by atoms with Gasteiger partial charge in [0.25, 0.3) is 0 Å². The first-order chi connectivity index (χ1) is 12.1. The third kappa shape index (κ3) is 3.50. The van der Waals surface area contributed by atoms with E-state index in [4.69, 9.17) is 4.74 Å². The van der Waals surface area contributed by atoms with Crippen LogP contribution in [0.3, 0.4) is 0 Å². The number of ether oxygens (including phenoxy) is 1. The van der Waals surface area contributed by atoms with Crippen LogP contribution in [-0.4, -0.2) is 33.9 Å². The van der Waals surface area contributed by atoms with Crippen LogP contribution >= 0.6 is 0 Å². The maximum atomic E-state index is 12.3. The van der Waals surface area contributed by atoms with E-state index >= 15 is 0 Å². The molecule has 1 saturated heterocycles. The van der Waals surface area contributed by atoms with E-state index in [9.17, 15) is 4.79 Å². The van der Waals surface area contributed by atoms with Gasteiger partial charge in [-0.3, -0.25) is 4.79 Å². The molecular formula is C20H23N3O2. The fraction of sp³-hybridized carbons (Fsp3) is 0.450. The Bertz CT molecular complexity index is 801. The van der Waals surface area contributed by atoms with E-state index in [-0.39, 0.29) is 11.8 Å². The molecule has 1 aliphatic carbocycles. The van der Waals surface area contributed by atoms with Crippen molar-refractivity contribution in [3.8, 4) is 11.6 Å². The Labute approximate surface area is 148 Å². The predicted octanol–water partition coefficient (Wildman–Crippen LogP) is 3.61. The van der Waals surface area contributed by atoms with Crippen molar-refractivity contribution in [3.63, 3.8) is 0 Å². The van der Waals surface area contributed by atoms with Crippen molar-refractivity contribution in [3.05, 3.63) is 47.4 Å². The maximum absolute atomic E-state index is 12.3. The van der Waals surface area contributed by atoms with Gasteiger partial charge in [0.15, 0.2) is 0 Å². The van der Waals surface area contributed by atoms with Gasteiger partial charge in [-0.2, -0.15) is 4.98 Å². The van der Waals surface area contributed by atoms with Gasteiger partial charge >= 0.3 is 0 Å². The summed E-state index contributed by atoms with van der Waals surface area (Å²) in [6.45, 7) is 5.51. The normalized spacial score (nSPS) is 19.9. The molecule has 1 saturated carbocycles. The van der Waals surface area contributed by atoms with Crippen LogP contribution in [-0.2, 0) is 4.79 Å². The summed E-state index contributed by atoms with van der Waals surface area (Å²) in [5, 5.41) is 0. The van der Waals surface area contributed by atoms with Crippen molar-refractivity contribution in [2.24, 2.45) is 5.92 Å². The summed E-state index contributed by atoms with van der Waals surface area (Å²) in [4.78, 5) is 23.5. The minimum Gasteiger partial charge on any atom is -0.439 e. The number of aromatic nitrogens is 2. The van der Waals surface area contributed by atoms with Gasteiger partial charge in [0, 0.05) is 36.7 Å². The zero-order chi connectivity index (χ0) is 17.4. The van der Waals surface area contributed by atoms with Crippen LogP contribution in [0, 0.1) is 19.8 Å². The molecule has 0 N–H and O–H groups in total. The average Bonchev–Trinajstić information content (AvgIpc) is 3.32. The summed E-state index contributed by atoms with van der Waals surface area (Å²) in [6, 6.07) is 9.76. The molecule has 0 spiro atoms. The predicted molar refractivity (Wildman–Crippen MR) is 94.7 cm³/mol. The Kier molecular flexibility index (Phi) is 4.15. The van der Waals surface area contributed by atoms with Gasteiger partial charge in [-0.1, -0.05) is 18.2 Å². The molecule has 1 aromatic carbocycles. The molecule has 2 aliphatic rings. The highest BCUT2D eigenvalue weighted by Gasteiger charge is 2.37. The second-order valence-electron chi connectivity index (χ2n) is 7.12. The first-order valence-corrected chi connectivity index (χ1v) is 8.98. The number of amides is 1. The molecule has 2 fully saturated rings. The topological polar surface area (TPSA) is 55.3 Å². The zero-order valence-corrected chi connectivity index (χ0v) is 14.7. The van der Waals surface area contributed by atoms with Gasteiger partial charge in [-0.25, -0.2) is 4.98 Å². The summed E-state index contributed by atoms with van der Waals surface area (Å²) in [7, 11) is 0. The van der Waals surface area contributed by atoms with Crippen LogP contribution < -0.4 is 4.74 Å². The Morgan fingerprint density at radius 2 is 1.96 bits per heavy atom. The highest BCUT2D eigenvalue weighted by molar-refractivity contribution is 5.81. The van der Waals surface area contributed by atoms with Crippen molar-refractivity contribution in [2.45, 2.75) is 39.0 Å². The summed E-state index contributed by atoms with van der Waals surface area (Å²) in [5.74, 6) is 2.95. The van der Waals surface area contributed by atoms with Gasteiger partial charge in [-0.15, -0.1) is 0 Å². The van der Waals surface area contributed by atoms with Gasteiger partial charge in [-0.05, 0) is 44.7 Å². The van der Waals surface area contributed by atoms with Gasteiger partial charge in [0.2, 0.25) is 11.8 Å². The number of benzene rings is 1. The Morgan fingerprint density at radius 1 is 1.16 bits per heavy atom. The second kappa shape index (κ2) is 6.47. The number of carbonyl (C=O) groups is 1. The van der Waals surface area contributed by atoms with Crippen molar-refractivity contribution in [2.75, 3.05) is 13.1 Å². The van der Waals surface area contributed by atoms with E-state index in [2.05, 4.69) is 9.97 Å². The van der Waals surface area contributed by atoms with Crippen molar-refractivity contribution in [1.82, 2.24) is 14.9 Å². The van der Waals surface area contributed by atoms with Crippen molar-refractivity contribution < 1.29 is 9.53 Å². The van der Waals surface area contributed by atoms with E-state index in [1.807, 2.05) is 49.1 Å². The van der Waals surface area contributed by atoms with Gasteiger partial charge in [0.05, 0.1) is 0 Å². The van der Waals surface area contributed by atoms with Crippen LogP contribution in [0.25, 0.3) is 0 Å². The maximum Gasteiger partial charge on any atom is 0.225 e. The van der Waals surface area contributed by atoms with E-state index in [1.54, 1.807) is 0 Å². The van der Waals surface area contributed by atoms with Crippen LogP contribution in [0.5, 0.6) is 11.6 Å². The lowest BCUT2D eigenvalue weighted by Gasteiger charge is -2.16. The summed E-state index contributed by atoms with van der Waals surface area (Å²) >= 11 is 0. The number of hydrogen-bond donors (Lipinski definition) is 0. The number of para-hydroxylation sites is 1. The van der Waals surface area contributed by atoms with Crippen LogP contribution in [0.15, 0.2) is 30.3 Å². The van der Waals surface area contributed by atoms with E-state index in [0.717, 1.165) is 55.2 Å². The van der Waals surface area contributed by atoms with E-state index in [1.165, 1.54) is 0 Å². The number of carbonyl (C=O) groups excluding carboxylic acids is 1. The molecule has 2 aromatic rings. The Balaban J connectivity index is 1.52. The number of aryl methyl sites for hydroxylation is 2. The Morgan fingerprint density at radius 3 is 2.72 bits per heavy atom. The number of nitrogens with zero attached hydrogens (tertiary/aromatic N) is 3. The molecule has 1 aliphatic heterocycles. The first-order valence-electron chi connectivity index (χ1n) is 8.98. The summed E-state index contributed by atoms with van der Waals surface area (Å²) in [5.41, 5.74) is 1.96. The lowest BCUT2D eigenvalue weighted by atomic mass is 10.1. The highest BCUT2D eigenvalue weighted by Crippen LogP contribution is 2.35. The molecule has 1 aromatic heterocycles. The zero-order valence-electron chi connectivity index (χ0n) is 14.7. The largest absolute Gasteiger partial charge is 0.439 e. The molecule has 130 valence electrons.